The molecule has 2 atom stereocenters. The van der Waals surface area contributed by atoms with Crippen molar-refractivity contribution in [1.29, 1.82) is 0 Å². The SMILES string of the molecule is CC1(C2CC2)CC(N)c2cc(Cl)ccc2O1. The number of halogens is 1. The van der Waals surface area contributed by atoms with E-state index in [2.05, 4.69) is 6.92 Å². The van der Waals surface area contributed by atoms with Crippen LogP contribution in [-0.4, -0.2) is 5.60 Å². The van der Waals surface area contributed by atoms with Gasteiger partial charge in [-0.25, -0.2) is 0 Å². The van der Waals surface area contributed by atoms with Crippen LogP contribution in [0.2, 0.25) is 5.02 Å². The molecule has 2 nitrogen and oxygen atoms in total. The minimum Gasteiger partial charge on any atom is -0.487 e. The summed E-state index contributed by atoms with van der Waals surface area (Å²) < 4.78 is 6.13. The molecule has 0 spiro atoms. The Morgan fingerprint density at radius 1 is 1.44 bits per heavy atom. The van der Waals surface area contributed by atoms with E-state index in [1.807, 2.05) is 18.2 Å². The second kappa shape index (κ2) is 3.38. The molecular weight excluding hydrogens is 222 g/mol. The number of rotatable bonds is 1. The summed E-state index contributed by atoms with van der Waals surface area (Å²) in [5, 5.41) is 0.729. The fraction of sp³-hybridized carbons (Fsp3) is 0.538. The Labute approximate surface area is 101 Å². The van der Waals surface area contributed by atoms with Crippen molar-refractivity contribution in [2.45, 2.75) is 37.8 Å². The fourth-order valence-electron chi connectivity index (χ4n) is 2.69. The summed E-state index contributed by atoms with van der Waals surface area (Å²) in [4.78, 5) is 0. The first-order valence-electron chi connectivity index (χ1n) is 5.82. The molecule has 2 unspecified atom stereocenters. The van der Waals surface area contributed by atoms with Crippen LogP contribution in [0.15, 0.2) is 18.2 Å². The third-order valence-electron chi connectivity index (χ3n) is 3.78. The first kappa shape index (κ1) is 10.4. The molecule has 16 heavy (non-hydrogen) atoms. The molecule has 0 aromatic heterocycles. The van der Waals surface area contributed by atoms with Crippen LogP contribution in [0.1, 0.15) is 37.8 Å². The summed E-state index contributed by atoms with van der Waals surface area (Å²) in [6.07, 6.45) is 3.43. The number of nitrogens with two attached hydrogens (primary N) is 1. The molecule has 86 valence electrons. The summed E-state index contributed by atoms with van der Waals surface area (Å²) in [7, 11) is 0. The lowest BCUT2D eigenvalue weighted by atomic mass is 9.85. The van der Waals surface area contributed by atoms with E-state index in [0.717, 1.165) is 22.8 Å². The van der Waals surface area contributed by atoms with Crippen molar-refractivity contribution in [3.8, 4) is 5.75 Å². The Hall–Kier alpha value is -0.730. The van der Waals surface area contributed by atoms with Crippen LogP contribution in [-0.2, 0) is 0 Å². The molecule has 1 aromatic rings. The zero-order valence-electron chi connectivity index (χ0n) is 9.37. The topological polar surface area (TPSA) is 35.2 Å². The molecule has 0 bridgehead atoms. The van der Waals surface area contributed by atoms with Crippen LogP contribution in [0.3, 0.4) is 0 Å². The zero-order chi connectivity index (χ0) is 11.3. The lowest BCUT2D eigenvalue weighted by Crippen LogP contribution is -2.42. The monoisotopic (exact) mass is 237 g/mol. The van der Waals surface area contributed by atoms with Crippen molar-refractivity contribution in [3.05, 3.63) is 28.8 Å². The average Bonchev–Trinajstić information content (AvgIpc) is 3.03. The predicted molar refractivity (Wildman–Crippen MR) is 64.8 cm³/mol. The predicted octanol–water partition coefficient (Wildman–Crippen LogP) is 3.29. The van der Waals surface area contributed by atoms with Gasteiger partial charge in [0, 0.05) is 23.0 Å². The highest BCUT2D eigenvalue weighted by Crippen LogP contribution is 2.50. The maximum atomic E-state index is 6.22. The summed E-state index contributed by atoms with van der Waals surface area (Å²) in [6.45, 7) is 2.18. The van der Waals surface area contributed by atoms with Crippen molar-refractivity contribution in [2.75, 3.05) is 0 Å². The Bertz CT molecular complexity index is 430. The van der Waals surface area contributed by atoms with Crippen LogP contribution in [0.25, 0.3) is 0 Å². The van der Waals surface area contributed by atoms with E-state index in [1.165, 1.54) is 12.8 Å². The van der Waals surface area contributed by atoms with Crippen LogP contribution in [0.4, 0.5) is 0 Å². The smallest absolute Gasteiger partial charge is 0.125 e. The van der Waals surface area contributed by atoms with Crippen molar-refractivity contribution >= 4 is 11.6 Å². The normalized spacial score (nSPS) is 33.1. The summed E-state index contributed by atoms with van der Waals surface area (Å²) in [5.74, 6) is 1.60. The number of hydrogen-bond acceptors (Lipinski definition) is 2. The van der Waals surface area contributed by atoms with Gasteiger partial charge in [0.25, 0.3) is 0 Å². The second-order valence-electron chi connectivity index (χ2n) is 5.18. The van der Waals surface area contributed by atoms with Crippen molar-refractivity contribution in [1.82, 2.24) is 0 Å². The maximum Gasteiger partial charge on any atom is 0.125 e. The van der Waals surface area contributed by atoms with Gasteiger partial charge in [0.05, 0.1) is 0 Å². The van der Waals surface area contributed by atoms with E-state index in [9.17, 15) is 0 Å². The lowest BCUT2D eigenvalue weighted by Gasteiger charge is -2.39. The summed E-state index contributed by atoms with van der Waals surface area (Å²) in [5.41, 5.74) is 7.20. The molecule has 3 rings (SSSR count). The molecule has 1 saturated carbocycles. The Balaban J connectivity index is 1.99. The quantitative estimate of drug-likeness (QED) is 0.814. The third kappa shape index (κ3) is 1.61. The van der Waals surface area contributed by atoms with Crippen molar-refractivity contribution in [2.24, 2.45) is 11.7 Å². The Morgan fingerprint density at radius 3 is 2.88 bits per heavy atom. The van der Waals surface area contributed by atoms with Gasteiger partial charge in [0.1, 0.15) is 11.4 Å². The lowest BCUT2D eigenvalue weighted by molar-refractivity contribution is 0.0324. The van der Waals surface area contributed by atoms with Gasteiger partial charge in [0.15, 0.2) is 0 Å². The molecule has 0 saturated heterocycles. The van der Waals surface area contributed by atoms with Gasteiger partial charge in [-0.2, -0.15) is 0 Å². The highest BCUT2D eigenvalue weighted by Gasteiger charge is 2.47. The van der Waals surface area contributed by atoms with Crippen LogP contribution >= 0.6 is 11.6 Å². The van der Waals surface area contributed by atoms with Crippen LogP contribution in [0.5, 0.6) is 5.75 Å². The summed E-state index contributed by atoms with van der Waals surface area (Å²) in [6, 6.07) is 5.78. The van der Waals surface area contributed by atoms with Gasteiger partial charge < -0.3 is 10.5 Å². The third-order valence-corrected chi connectivity index (χ3v) is 4.02. The minimum absolute atomic E-state index is 0.0491. The van der Waals surface area contributed by atoms with E-state index >= 15 is 0 Å². The molecule has 2 N–H and O–H groups in total. The average molecular weight is 238 g/mol. The number of ether oxygens (including phenoxy) is 1. The molecule has 1 aromatic carbocycles. The highest BCUT2D eigenvalue weighted by molar-refractivity contribution is 6.30. The van der Waals surface area contributed by atoms with Crippen LogP contribution < -0.4 is 10.5 Å². The highest BCUT2D eigenvalue weighted by atomic mass is 35.5. The van der Waals surface area contributed by atoms with Gasteiger partial charge in [-0.05, 0) is 43.9 Å². The van der Waals surface area contributed by atoms with E-state index in [-0.39, 0.29) is 11.6 Å². The number of benzene rings is 1. The van der Waals surface area contributed by atoms with E-state index in [0.29, 0.717) is 5.92 Å². The maximum absolute atomic E-state index is 6.22. The molecule has 0 amide bonds. The van der Waals surface area contributed by atoms with Crippen molar-refractivity contribution in [3.63, 3.8) is 0 Å². The van der Waals surface area contributed by atoms with Gasteiger partial charge in [-0.1, -0.05) is 11.6 Å². The molecule has 2 aliphatic rings. The minimum atomic E-state index is -0.0692. The van der Waals surface area contributed by atoms with Gasteiger partial charge in [-0.3, -0.25) is 0 Å². The van der Waals surface area contributed by atoms with Crippen molar-refractivity contribution < 1.29 is 4.74 Å². The molecule has 1 heterocycles. The fourth-order valence-corrected chi connectivity index (χ4v) is 2.87. The molecule has 3 heteroatoms. The molecular formula is C13H16ClNO. The standard InChI is InChI=1S/C13H16ClNO/c1-13(8-2-3-8)7-11(15)10-6-9(14)4-5-12(10)16-13/h4-6,8,11H,2-3,7,15H2,1H3. The first-order valence-corrected chi connectivity index (χ1v) is 6.20. The van der Waals surface area contributed by atoms with Gasteiger partial charge >= 0.3 is 0 Å². The van der Waals surface area contributed by atoms with E-state index in [4.69, 9.17) is 22.1 Å². The summed E-state index contributed by atoms with van der Waals surface area (Å²) >= 11 is 5.98. The molecule has 1 fully saturated rings. The van der Waals surface area contributed by atoms with Gasteiger partial charge in [0.2, 0.25) is 0 Å². The van der Waals surface area contributed by atoms with E-state index < -0.39 is 0 Å². The first-order chi connectivity index (χ1) is 7.58. The zero-order valence-corrected chi connectivity index (χ0v) is 10.1. The largest absolute Gasteiger partial charge is 0.487 e. The second-order valence-corrected chi connectivity index (χ2v) is 5.62. The van der Waals surface area contributed by atoms with Gasteiger partial charge in [-0.15, -0.1) is 0 Å². The molecule has 0 radical (unpaired) electrons. The Morgan fingerprint density at radius 2 is 2.19 bits per heavy atom. The Kier molecular flexibility index (Phi) is 2.20. The molecule has 1 aliphatic heterocycles. The van der Waals surface area contributed by atoms with Crippen LogP contribution in [0, 0.1) is 5.92 Å². The molecule has 1 aliphatic carbocycles. The van der Waals surface area contributed by atoms with E-state index in [1.54, 1.807) is 0 Å². The number of fused-ring (bicyclic) bond motifs is 1. The number of hydrogen-bond donors (Lipinski definition) is 1.